The molecule has 0 unspecified atom stereocenters. The summed E-state index contributed by atoms with van der Waals surface area (Å²) in [5.41, 5.74) is 0.839. The van der Waals surface area contributed by atoms with Crippen LogP contribution in [0.15, 0.2) is 30.3 Å². The van der Waals surface area contributed by atoms with Crippen molar-refractivity contribution in [1.82, 2.24) is 20.8 Å². The smallest absolute Gasteiger partial charge is 0.408 e. The van der Waals surface area contributed by atoms with Gasteiger partial charge in [-0.05, 0) is 36.0 Å². The molecular formula is C21H29N5O4S2. The number of amides is 3. The maximum atomic E-state index is 13.0. The molecule has 0 bridgehead atoms. The van der Waals surface area contributed by atoms with Crippen molar-refractivity contribution in [2.45, 2.75) is 52.8 Å². The number of alkyl carbamates (subject to hydrolysis) is 1. The first-order valence-corrected chi connectivity index (χ1v) is 11.5. The number of nitrogens with zero attached hydrogens (tertiary/aromatic N) is 1. The highest BCUT2D eigenvalue weighted by molar-refractivity contribution is 7.73. The highest BCUT2D eigenvalue weighted by Gasteiger charge is 2.30. The van der Waals surface area contributed by atoms with Gasteiger partial charge >= 0.3 is 6.09 Å². The number of carbonyl (C=O) groups is 3. The average molecular weight is 480 g/mol. The molecule has 174 valence electrons. The summed E-state index contributed by atoms with van der Waals surface area (Å²) in [7, 11) is 0. The minimum Gasteiger partial charge on any atom is -0.445 e. The Hall–Kier alpha value is -2.79. The summed E-state index contributed by atoms with van der Waals surface area (Å²) in [6.07, 6.45) is -0.309. The number of anilines is 1. The Morgan fingerprint density at radius 3 is 2.34 bits per heavy atom. The van der Waals surface area contributed by atoms with Crippen molar-refractivity contribution >= 4 is 46.6 Å². The third-order valence-corrected chi connectivity index (χ3v) is 5.45. The number of benzene rings is 1. The molecule has 11 heteroatoms. The average Bonchev–Trinajstić information content (AvgIpc) is 3.14. The van der Waals surface area contributed by atoms with Gasteiger partial charge in [-0.2, -0.15) is 0 Å². The number of hydrogen-bond donors (Lipinski definition) is 4. The lowest BCUT2D eigenvalue weighted by atomic mass is 10.00. The van der Waals surface area contributed by atoms with Gasteiger partial charge in [0.05, 0.1) is 0 Å². The number of hydrogen-bond acceptors (Lipinski definition) is 7. The van der Waals surface area contributed by atoms with E-state index >= 15 is 0 Å². The Balaban J connectivity index is 2.01. The van der Waals surface area contributed by atoms with E-state index in [-0.39, 0.29) is 18.4 Å². The van der Waals surface area contributed by atoms with Crippen LogP contribution in [-0.4, -0.2) is 40.2 Å². The number of aromatic amines is 1. The largest absolute Gasteiger partial charge is 0.445 e. The van der Waals surface area contributed by atoms with Crippen molar-refractivity contribution < 1.29 is 19.1 Å². The van der Waals surface area contributed by atoms with E-state index in [1.807, 2.05) is 58.0 Å². The summed E-state index contributed by atoms with van der Waals surface area (Å²) < 4.78 is 5.67. The Morgan fingerprint density at radius 2 is 1.78 bits per heavy atom. The van der Waals surface area contributed by atoms with Gasteiger partial charge in [0.2, 0.25) is 16.9 Å². The number of H-pyrrole nitrogens is 1. The summed E-state index contributed by atoms with van der Waals surface area (Å²) in [5.74, 6) is -0.946. The molecule has 0 spiro atoms. The van der Waals surface area contributed by atoms with Crippen LogP contribution in [0, 0.1) is 15.8 Å². The van der Waals surface area contributed by atoms with Crippen LogP contribution < -0.4 is 16.0 Å². The lowest BCUT2D eigenvalue weighted by Gasteiger charge is -2.25. The van der Waals surface area contributed by atoms with E-state index in [9.17, 15) is 14.4 Å². The molecule has 1 aromatic heterocycles. The van der Waals surface area contributed by atoms with E-state index in [4.69, 9.17) is 17.0 Å². The maximum Gasteiger partial charge on any atom is 0.408 e. The molecule has 0 aliphatic carbocycles. The Labute approximate surface area is 196 Å². The van der Waals surface area contributed by atoms with Gasteiger partial charge in [-0.1, -0.05) is 69.4 Å². The maximum absolute atomic E-state index is 13.0. The fourth-order valence-electron chi connectivity index (χ4n) is 2.87. The van der Waals surface area contributed by atoms with Gasteiger partial charge in [0.25, 0.3) is 0 Å². The van der Waals surface area contributed by atoms with Crippen molar-refractivity contribution in [2.24, 2.45) is 11.8 Å². The second kappa shape index (κ2) is 12.3. The highest BCUT2D eigenvalue weighted by Crippen LogP contribution is 2.14. The van der Waals surface area contributed by atoms with Crippen molar-refractivity contribution in [3.05, 3.63) is 39.8 Å². The molecule has 1 heterocycles. The summed E-state index contributed by atoms with van der Waals surface area (Å²) in [6, 6.07) is 7.58. The Bertz CT molecular complexity index is 958. The third kappa shape index (κ3) is 8.39. The van der Waals surface area contributed by atoms with Gasteiger partial charge < -0.3 is 15.4 Å². The minimum absolute atomic E-state index is 0.0927. The van der Waals surface area contributed by atoms with Crippen LogP contribution in [0.5, 0.6) is 0 Å². The van der Waals surface area contributed by atoms with E-state index in [0.717, 1.165) is 16.9 Å². The van der Waals surface area contributed by atoms with Gasteiger partial charge in [-0.3, -0.25) is 20.0 Å². The molecule has 2 aromatic rings. The van der Waals surface area contributed by atoms with Crippen molar-refractivity contribution in [2.75, 3.05) is 5.32 Å². The SMILES string of the molecule is CC(C)C[C@H](NC(=O)OCc1ccccc1)C(=O)N[C@H](C(=O)Nc1n[nH]c(=S)s1)C(C)C. The standard InChI is InChI=1S/C21H29N5O4S2/c1-12(2)10-15(22-20(29)30-11-14-8-6-5-7-9-14)17(27)23-16(13(3)4)18(28)24-19-25-26-21(31)32-19/h5-9,12-13,15-16H,10-11H2,1-4H3,(H,22,29)(H,23,27)(H,26,31)(H,24,25,28)/t15-,16-/m0/s1. The molecule has 2 rings (SSSR count). The Morgan fingerprint density at radius 1 is 1.09 bits per heavy atom. The molecule has 0 saturated carbocycles. The summed E-state index contributed by atoms with van der Waals surface area (Å²) in [6.45, 7) is 7.60. The Kier molecular flexibility index (Phi) is 9.79. The molecule has 1 aromatic carbocycles. The molecule has 0 aliphatic rings. The molecule has 0 fully saturated rings. The van der Waals surface area contributed by atoms with E-state index in [2.05, 4.69) is 26.1 Å². The van der Waals surface area contributed by atoms with Gasteiger partial charge in [0.1, 0.15) is 18.7 Å². The predicted octanol–water partition coefficient (Wildman–Crippen LogP) is 3.62. The molecule has 0 aliphatic heterocycles. The monoisotopic (exact) mass is 479 g/mol. The number of rotatable bonds is 10. The number of aromatic nitrogens is 2. The first-order valence-electron chi connectivity index (χ1n) is 10.3. The normalized spacial score (nSPS) is 12.8. The van der Waals surface area contributed by atoms with Crippen LogP contribution in [0.4, 0.5) is 9.93 Å². The number of ether oxygens (including phenoxy) is 1. The van der Waals surface area contributed by atoms with Crippen LogP contribution in [0.2, 0.25) is 0 Å². The predicted molar refractivity (Wildman–Crippen MR) is 126 cm³/mol. The van der Waals surface area contributed by atoms with Gasteiger partial charge in [-0.25, -0.2) is 4.79 Å². The lowest BCUT2D eigenvalue weighted by molar-refractivity contribution is -0.129. The second-order valence-corrected chi connectivity index (χ2v) is 9.69. The molecule has 2 atom stereocenters. The van der Waals surface area contributed by atoms with Gasteiger partial charge in [-0.15, -0.1) is 5.10 Å². The lowest BCUT2D eigenvalue weighted by Crippen LogP contribution is -2.54. The number of carbonyl (C=O) groups excluding carboxylic acids is 3. The molecule has 4 N–H and O–H groups in total. The van der Waals surface area contributed by atoms with E-state index < -0.39 is 30.0 Å². The zero-order chi connectivity index (χ0) is 23.7. The number of nitrogens with one attached hydrogen (secondary N) is 4. The molecule has 3 amide bonds. The van der Waals surface area contributed by atoms with Gasteiger partial charge in [0, 0.05) is 0 Å². The first kappa shape index (κ1) is 25.5. The van der Waals surface area contributed by atoms with E-state index in [1.165, 1.54) is 0 Å². The second-order valence-electron chi connectivity index (χ2n) is 8.03. The zero-order valence-corrected chi connectivity index (χ0v) is 20.1. The molecule has 0 saturated heterocycles. The van der Waals surface area contributed by atoms with E-state index in [0.29, 0.717) is 15.5 Å². The molecule has 9 nitrogen and oxygen atoms in total. The fourth-order valence-corrected chi connectivity index (χ4v) is 3.66. The van der Waals surface area contributed by atoms with E-state index in [1.54, 1.807) is 0 Å². The highest BCUT2D eigenvalue weighted by atomic mass is 32.1. The fraction of sp³-hybridized carbons (Fsp3) is 0.476. The molecule has 0 radical (unpaired) electrons. The van der Waals surface area contributed by atoms with Crippen LogP contribution in [0.3, 0.4) is 0 Å². The van der Waals surface area contributed by atoms with Gasteiger partial charge in [0.15, 0.2) is 3.95 Å². The zero-order valence-electron chi connectivity index (χ0n) is 18.5. The minimum atomic E-state index is -0.847. The third-order valence-electron chi connectivity index (χ3n) is 4.44. The summed E-state index contributed by atoms with van der Waals surface area (Å²) in [4.78, 5) is 38.0. The quantitative estimate of drug-likeness (QED) is 0.386. The topological polar surface area (TPSA) is 125 Å². The summed E-state index contributed by atoms with van der Waals surface area (Å²) >= 11 is 6.09. The molecule has 32 heavy (non-hydrogen) atoms. The van der Waals surface area contributed by atoms with Crippen molar-refractivity contribution in [3.8, 4) is 0 Å². The first-order chi connectivity index (χ1) is 15.2. The van der Waals surface area contributed by atoms with Crippen molar-refractivity contribution in [1.29, 1.82) is 0 Å². The van der Waals surface area contributed by atoms with Crippen molar-refractivity contribution in [3.63, 3.8) is 0 Å². The van der Waals surface area contributed by atoms with Crippen LogP contribution in [0.1, 0.15) is 39.7 Å². The summed E-state index contributed by atoms with van der Waals surface area (Å²) in [5, 5.41) is 14.8. The van der Waals surface area contributed by atoms with Crippen LogP contribution in [0.25, 0.3) is 0 Å². The van der Waals surface area contributed by atoms with Crippen LogP contribution in [-0.2, 0) is 20.9 Å². The molecular weight excluding hydrogens is 450 g/mol. The van der Waals surface area contributed by atoms with Crippen LogP contribution >= 0.6 is 23.6 Å².